The van der Waals surface area contributed by atoms with Gasteiger partial charge < -0.3 is 5.32 Å². The van der Waals surface area contributed by atoms with Gasteiger partial charge in [-0.1, -0.05) is 0 Å². The van der Waals surface area contributed by atoms with E-state index in [2.05, 4.69) is 30.7 Å². The first kappa shape index (κ1) is 13.8. The van der Waals surface area contributed by atoms with Gasteiger partial charge in [0.15, 0.2) is 0 Å². The lowest BCUT2D eigenvalue weighted by atomic mass is 10.3. The first-order chi connectivity index (χ1) is 9.58. The van der Waals surface area contributed by atoms with Crippen molar-refractivity contribution in [3.63, 3.8) is 0 Å². The van der Waals surface area contributed by atoms with Gasteiger partial charge in [-0.25, -0.2) is 25.8 Å². The molecule has 0 saturated heterocycles. The summed E-state index contributed by atoms with van der Waals surface area (Å²) in [5.41, 5.74) is 3.95. The molecule has 8 nitrogen and oxygen atoms in total. The first-order valence-corrected chi connectivity index (χ1v) is 5.97. The average molecular weight is 273 g/mol. The monoisotopic (exact) mass is 273 g/mol. The molecule has 0 aliphatic carbocycles. The van der Waals surface area contributed by atoms with Crippen molar-refractivity contribution in [1.29, 1.82) is 0 Å². The molecule has 0 fully saturated rings. The predicted octanol–water partition coefficient (Wildman–Crippen LogP) is 0.0990. The van der Waals surface area contributed by atoms with E-state index in [4.69, 9.17) is 5.84 Å². The van der Waals surface area contributed by atoms with Gasteiger partial charge in [-0.15, -0.1) is 0 Å². The fourth-order valence-corrected chi connectivity index (χ4v) is 1.61. The van der Waals surface area contributed by atoms with Crippen LogP contribution in [0.1, 0.15) is 27.7 Å². The van der Waals surface area contributed by atoms with Crippen LogP contribution in [0.3, 0.4) is 0 Å². The highest BCUT2D eigenvalue weighted by Gasteiger charge is 2.10. The minimum absolute atomic E-state index is 0.202. The van der Waals surface area contributed by atoms with Gasteiger partial charge in [0.1, 0.15) is 11.5 Å². The second-order valence-corrected chi connectivity index (χ2v) is 4.14. The van der Waals surface area contributed by atoms with Gasteiger partial charge >= 0.3 is 0 Å². The van der Waals surface area contributed by atoms with Crippen LogP contribution in [0.4, 0.5) is 5.95 Å². The molecule has 8 heteroatoms. The number of aromatic nitrogens is 4. The van der Waals surface area contributed by atoms with Gasteiger partial charge in [-0.3, -0.25) is 10.2 Å². The van der Waals surface area contributed by atoms with Crippen molar-refractivity contribution in [3.05, 3.63) is 41.2 Å². The number of carbonyl (C=O) groups is 1. The molecule has 4 N–H and O–H groups in total. The number of nitrogen functional groups attached to an aromatic ring is 1. The number of anilines is 1. The zero-order valence-corrected chi connectivity index (χ0v) is 11.2. The number of aryl methyl sites for hydroxylation is 2. The lowest BCUT2D eigenvalue weighted by Gasteiger charge is -2.06. The average Bonchev–Trinajstić information content (AvgIpc) is 2.44. The summed E-state index contributed by atoms with van der Waals surface area (Å²) >= 11 is 0. The van der Waals surface area contributed by atoms with E-state index in [-0.39, 0.29) is 17.5 Å². The summed E-state index contributed by atoms with van der Waals surface area (Å²) in [6.07, 6.45) is 1.65. The molecule has 0 unspecified atom stereocenters. The van der Waals surface area contributed by atoms with E-state index in [0.29, 0.717) is 18.1 Å². The predicted molar refractivity (Wildman–Crippen MR) is 72.5 cm³/mol. The van der Waals surface area contributed by atoms with Gasteiger partial charge in [-0.05, 0) is 26.0 Å². The largest absolute Gasteiger partial charge is 0.345 e. The third kappa shape index (κ3) is 3.45. The Bertz CT molecular complexity index is 629. The van der Waals surface area contributed by atoms with E-state index in [1.165, 1.54) is 0 Å². The molecule has 0 aliphatic heterocycles. The molecule has 20 heavy (non-hydrogen) atoms. The third-order valence-electron chi connectivity index (χ3n) is 2.48. The standard InChI is InChI=1S/C12H15N7O/c1-7-5-10(18-12(16-7)19-13)11(20)15-6-9-3-4-14-8(2)17-9/h3-5H,6,13H2,1-2H3,(H,15,20)(H,16,18,19). The maximum atomic E-state index is 12.0. The Balaban J connectivity index is 2.07. The van der Waals surface area contributed by atoms with Crippen molar-refractivity contribution in [3.8, 4) is 0 Å². The number of amides is 1. The highest BCUT2D eigenvalue weighted by atomic mass is 16.1. The van der Waals surface area contributed by atoms with Crippen LogP contribution in [0.25, 0.3) is 0 Å². The summed E-state index contributed by atoms with van der Waals surface area (Å²) in [7, 11) is 0. The van der Waals surface area contributed by atoms with Crippen molar-refractivity contribution in [2.45, 2.75) is 20.4 Å². The molecule has 0 radical (unpaired) electrons. The molecule has 2 rings (SSSR count). The fourth-order valence-electron chi connectivity index (χ4n) is 1.61. The molecule has 2 heterocycles. The second kappa shape index (κ2) is 6.02. The van der Waals surface area contributed by atoms with Gasteiger partial charge in [0.25, 0.3) is 5.91 Å². The van der Waals surface area contributed by atoms with Crippen LogP contribution in [0.5, 0.6) is 0 Å². The van der Waals surface area contributed by atoms with Crippen LogP contribution in [0.2, 0.25) is 0 Å². The van der Waals surface area contributed by atoms with Crippen molar-refractivity contribution >= 4 is 11.9 Å². The summed E-state index contributed by atoms with van der Waals surface area (Å²) in [4.78, 5) is 28.2. The van der Waals surface area contributed by atoms with E-state index >= 15 is 0 Å². The number of hydrogen-bond acceptors (Lipinski definition) is 7. The molecular formula is C12H15N7O. The van der Waals surface area contributed by atoms with Crippen molar-refractivity contribution in [2.24, 2.45) is 5.84 Å². The summed E-state index contributed by atoms with van der Waals surface area (Å²) < 4.78 is 0. The van der Waals surface area contributed by atoms with Crippen molar-refractivity contribution in [2.75, 3.05) is 5.43 Å². The second-order valence-electron chi connectivity index (χ2n) is 4.14. The van der Waals surface area contributed by atoms with Gasteiger partial charge in [-0.2, -0.15) is 0 Å². The van der Waals surface area contributed by atoms with Gasteiger partial charge in [0, 0.05) is 11.9 Å². The zero-order valence-electron chi connectivity index (χ0n) is 11.2. The van der Waals surface area contributed by atoms with E-state index < -0.39 is 0 Å². The molecule has 0 bridgehead atoms. The van der Waals surface area contributed by atoms with Crippen LogP contribution < -0.4 is 16.6 Å². The lowest BCUT2D eigenvalue weighted by molar-refractivity contribution is 0.0945. The zero-order chi connectivity index (χ0) is 14.5. The van der Waals surface area contributed by atoms with E-state index in [1.54, 1.807) is 32.2 Å². The SMILES string of the molecule is Cc1cc(C(=O)NCc2ccnc(C)n2)nc(NN)n1. The van der Waals surface area contributed by atoms with E-state index in [0.717, 1.165) is 5.69 Å². The van der Waals surface area contributed by atoms with E-state index in [1.807, 2.05) is 0 Å². The first-order valence-electron chi connectivity index (χ1n) is 5.97. The fraction of sp³-hybridized carbons (Fsp3) is 0.250. The van der Waals surface area contributed by atoms with Crippen LogP contribution in [0.15, 0.2) is 18.3 Å². The van der Waals surface area contributed by atoms with Crippen molar-refractivity contribution in [1.82, 2.24) is 25.3 Å². The van der Waals surface area contributed by atoms with Gasteiger partial charge in [0.2, 0.25) is 5.95 Å². The number of carbonyl (C=O) groups excluding carboxylic acids is 1. The Morgan fingerprint density at radius 3 is 2.80 bits per heavy atom. The number of nitrogens with two attached hydrogens (primary N) is 1. The Hall–Kier alpha value is -2.61. The minimum atomic E-state index is -0.316. The van der Waals surface area contributed by atoms with Crippen LogP contribution in [-0.4, -0.2) is 25.8 Å². The highest BCUT2D eigenvalue weighted by Crippen LogP contribution is 2.04. The minimum Gasteiger partial charge on any atom is -0.345 e. The smallest absolute Gasteiger partial charge is 0.270 e. The molecular weight excluding hydrogens is 258 g/mol. The Kier molecular flexibility index (Phi) is 4.16. The number of nitrogens with zero attached hydrogens (tertiary/aromatic N) is 4. The number of hydrazine groups is 1. The maximum Gasteiger partial charge on any atom is 0.270 e. The normalized spacial score (nSPS) is 10.2. The molecule has 0 saturated carbocycles. The molecule has 0 spiro atoms. The molecule has 0 aromatic carbocycles. The Labute approximate surface area is 115 Å². The molecule has 1 amide bonds. The van der Waals surface area contributed by atoms with Crippen LogP contribution in [0, 0.1) is 13.8 Å². The number of hydrogen-bond donors (Lipinski definition) is 3. The van der Waals surface area contributed by atoms with Crippen molar-refractivity contribution < 1.29 is 4.79 Å². The van der Waals surface area contributed by atoms with Crippen LogP contribution >= 0.6 is 0 Å². The van der Waals surface area contributed by atoms with Crippen LogP contribution in [-0.2, 0) is 6.54 Å². The van der Waals surface area contributed by atoms with E-state index in [9.17, 15) is 4.79 Å². The summed E-state index contributed by atoms with van der Waals surface area (Å²) in [5.74, 6) is 5.79. The summed E-state index contributed by atoms with van der Waals surface area (Å²) in [6, 6.07) is 3.33. The Morgan fingerprint density at radius 2 is 2.10 bits per heavy atom. The topological polar surface area (TPSA) is 119 Å². The summed E-state index contributed by atoms with van der Waals surface area (Å²) in [5, 5.41) is 2.73. The molecule has 2 aromatic heterocycles. The van der Waals surface area contributed by atoms with Gasteiger partial charge in [0.05, 0.1) is 12.2 Å². The number of rotatable bonds is 4. The highest BCUT2D eigenvalue weighted by molar-refractivity contribution is 5.92. The Morgan fingerprint density at radius 1 is 1.30 bits per heavy atom. The molecule has 0 aliphatic rings. The molecule has 0 atom stereocenters. The molecule has 2 aromatic rings. The number of nitrogens with one attached hydrogen (secondary N) is 2. The lowest BCUT2D eigenvalue weighted by Crippen LogP contribution is -2.25. The summed E-state index contributed by atoms with van der Waals surface area (Å²) in [6.45, 7) is 3.85. The maximum absolute atomic E-state index is 12.0. The third-order valence-corrected chi connectivity index (χ3v) is 2.48. The molecule has 104 valence electrons. The quantitative estimate of drug-likeness (QED) is 0.534.